The van der Waals surface area contributed by atoms with Crippen molar-refractivity contribution in [2.24, 2.45) is 11.8 Å². The molecule has 3 heterocycles. The van der Waals surface area contributed by atoms with Crippen molar-refractivity contribution in [2.75, 3.05) is 26.2 Å². The summed E-state index contributed by atoms with van der Waals surface area (Å²) in [5, 5.41) is 5.15. The van der Waals surface area contributed by atoms with Crippen LogP contribution in [0, 0.1) is 11.8 Å². The Hall–Kier alpha value is -1.40. The standard InChI is InChI=1S/C18H24N2O3S/c21-17(13-2-1-7-20(11-13)18(22)12-3-4-12)19-10-15-14-6-9-24-16(14)5-8-23-15/h6,9,12-13,15H,1-5,7-8,10-11H2,(H,19,21). The number of likely N-dealkylation sites (tertiary alicyclic amines) is 1. The third kappa shape index (κ3) is 3.35. The Morgan fingerprint density at radius 2 is 2.17 bits per heavy atom. The van der Waals surface area contributed by atoms with E-state index < -0.39 is 0 Å². The van der Waals surface area contributed by atoms with Crippen molar-refractivity contribution in [1.29, 1.82) is 0 Å². The van der Waals surface area contributed by atoms with E-state index >= 15 is 0 Å². The van der Waals surface area contributed by atoms with Gasteiger partial charge in [-0.2, -0.15) is 0 Å². The lowest BCUT2D eigenvalue weighted by atomic mass is 9.96. The third-order valence-electron chi connectivity index (χ3n) is 5.27. The maximum atomic E-state index is 12.5. The molecule has 2 aliphatic heterocycles. The molecule has 3 aliphatic rings. The van der Waals surface area contributed by atoms with Crippen LogP contribution in [0.25, 0.3) is 0 Å². The van der Waals surface area contributed by atoms with E-state index in [-0.39, 0.29) is 29.8 Å². The molecule has 2 fully saturated rings. The summed E-state index contributed by atoms with van der Waals surface area (Å²) < 4.78 is 5.83. The first-order valence-corrected chi connectivity index (χ1v) is 9.84. The van der Waals surface area contributed by atoms with Crippen LogP contribution in [0.15, 0.2) is 11.4 Å². The minimum atomic E-state index is -0.0769. The maximum Gasteiger partial charge on any atom is 0.225 e. The zero-order chi connectivity index (χ0) is 16.5. The molecule has 1 aliphatic carbocycles. The van der Waals surface area contributed by atoms with Gasteiger partial charge in [0.1, 0.15) is 6.10 Å². The first kappa shape index (κ1) is 16.1. The number of carbonyl (C=O) groups excluding carboxylic acids is 2. The molecule has 24 heavy (non-hydrogen) atoms. The molecule has 1 aromatic rings. The van der Waals surface area contributed by atoms with Gasteiger partial charge in [0.2, 0.25) is 11.8 Å². The first-order valence-electron chi connectivity index (χ1n) is 8.96. The molecule has 0 bridgehead atoms. The van der Waals surface area contributed by atoms with E-state index in [0.29, 0.717) is 13.1 Å². The molecule has 1 N–H and O–H groups in total. The van der Waals surface area contributed by atoms with Gasteiger partial charge in [0, 0.05) is 36.9 Å². The summed E-state index contributed by atoms with van der Waals surface area (Å²) in [7, 11) is 0. The Bertz CT molecular complexity index is 626. The highest BCUT2D eigenvalue weighted by atomic mass is 32.1. The largest absolute Gasteiger partial charge is 0.371 e. The van der Waals surface area contributed by atoms with E-state index in [1.165, 1.54) is 10.4 Å². The van der Waals surface area contributed by atoms with Gasteiger partial charge in [-0.25, -0.2) is 0 Å². The number of rotatable bonds is 4. The zero-order valence-electron chi connectivity index (χ0n) is 13.8. The SMILES string of the molecule is O=C(NCC1OCCc2sccc21)C1CCCN(C(=O)C2CC2)C1. The quantitative estimate of drug-likeness (QED) is 0.907. The van der Waals surface area contributed by atoms with Gasteiger partial charge in [-0.15, -0.1) is 11.3 Å². The van der Waals surface area contributed by atoms with E-state index in [1.54, 1.807) is 11.3 Å². The molecule has 5 nitrogen and oxygen atoms in total. The van der Waals surface area contributed by atoms with Crippen molar-refractivity contribution in [3.8, 4) is 0 Å². The average Bonchev–Trinajstić information content (AvgIpc) is 3.36. The monoisotopic (exact) mass is 348 g/mol. The Balaban J connectivity index is 1.31. The van der Waals surface area contributed by atoms with Crippen LogP contribution >= 0.6 is 11.3 Å². The lowest BCUT2D eigenvalue weighted by Gasteiger charge is -2.32. The predicted molar refractivity (Wildman–Crippen MR) is 91.8 cm³/mol. The fourth-order valence-electron chi connectivity index (χ4n) is 3.71. The van der Waals surface area contributed by atoms with Crippen LogP contribution in [0.5, 0.6) is 0 Å². The number of carbonyl (C=O) groups is 2. The second kappa shape index (κ2) is 6.84. The molecule has 6 heteroatoms. The van der Waals surface area contributed by atoms with Gasteiger partial charge >= 0.3 is 0 Å². The molecule has 0 spiro atoms. The van der Waals surface area contributed by atoms with Gasteiger partial charge in [-0.3, -0.25) is 9.59 Å². The highest BCUT2D eigenvalue weighted by molar-refractivity contribution is 7.10. The smallest absolute Gasteiger partial charge is 0.225 e. The summed E-state index contributed by atoms with van der Waals surface area (Å²) in [6, 6.07) is 2.10. The zero-order valence-corrected chi connectivity index (χ0v) is 14.6. The summed E-state index contributed by atoms with van der Waals surface area (Å²) in [5.41, 5.74) is 1.22. The summed E-state index contributed by atoms with van der Waals surface area (Å²) >= 11 is 1.77. The molecular formula is C18H24N2O3S. The fourth-order valence-corrected chi connectivity index (χ4v) is 4.63. The summed E-state index contributed by atoms with van der Waals surface area (Å²) in [4.78, 5) is 28.0. The highest BCUT2D eigenvalue weighted by Gasteiger charge is 2.36. The van der Waals surface area contributed by atoms with Crippen molar-refractivity contribution in [1.82, 2.24) is 10.2 Å². The van der Waals surface area contributed by atoms with Crippen molar-refractivity contribution >= 4 is 23.2 Å². The van der Waals surface area contributed by atoms with E-state index in [2.05, 4.69) is 16.8 Å². The highest BCUT2D eigenvalue weighted by Crippen LogP contribution is 2.33. The Morgan fingerprint density at radius 1 is 1.29 bits per heavy atom. The number of piperidine rings is 1. The molecule has 4 rings (SSSR count). The van der Waals surface area contributed by atoms with Gasteiger partial charge in [0.05, 0.1) is 12.5 Å². The van der Waals surface area contributed by atoms with Crippen LogP contribution in [0.4, 0.5) is 0 Å². The Kier molecular flexibility index (Phi) is 4.59. The van der Waals surface area contributed by atoms with Crippen LogP contribution < -0.4 is 5.32 Å². The summed E-state index contributed by atoms with van der Waals surface area (Å²) in [6.45, 7) is 2.64. The molecular weight excluding hydrogens is 324 g/mol. The van der Waals surface area contributed by atoms with E-state index in [1.807, 2.05) is 4.90 Å². The number of ether oxygens (including phenoxy) is 1. The lowest BCUT2D eigenvalue weighted by Crippen LogP contribution is -2.46. The average molecular weight is 348 g/mol. The van der Waals surface area contributed by atoms with Crippen molar-refractivity contribution < 1.29 is 14.3 Å². The van der Waals surface area contributed by atoms with Gasteiger partial charge in [-0.1, -0.05) is 0 Å². The molecule has 1 saturated carbocycles. The van der Waals surface area contributed by atoms with Crippen LogP contribution in [0.3, 0.4) is 0 Å². The van der Waals surface area contributed by atoms with Crippen molar-refractivity contribution in [3.63, 3.8) is 0 Å². The third-order valence-corrected chi connectivity index (χ3v) is 6.26. The van der Waals surface area contributed by atoms with E-state index in [9.17, 15) is 9.59 Å². The Morgan fingerprint density at radius 3 is 3.00 bits per heavy atom. The number of thiophene rings is 1. The molecule has 1 saturated heterocycles. The minimum Gasteiger partial charge on any atom is -0.371 e. The van der Waals surface area contributed by atoms with E-state index in [4.69, 9.17) is 4.74 Å². The van der Waals surface area contributed by atoms with Crippen LogP contribution in [0.2, 0.25) is 0 Å². The Labute approximate surface area is 146 Å². The first-order chi connectivity index (χ1) is 11.7. The fraction of sp³-hybridized carbons (Fsp3) is 0.667. The number of nitrogens with one attached hydrogen (secondary N) is 1. The van der Waals surface area contributed by atoms with Gasteiger partial charge < -0.3 is 15.0 Å². The van der Waals surface area contributed by atoms with Gasteiger partial charge in [0.15, 0.2) is 0 Å². The normalized spacial score (nSPS) is 26.8. The number of hydrogen-bond donors (Lipinski definition) is 1. The minimum absolute atomic E-state index is 0.0308. The lowest BCUT2D eigenvalue weighted by molar-refractivity contribution is -0.137. The van der Waals surface area contributed by atoms with Crippen molar-refractivity contribution in [3.05, 3.63) is 21.9 Å². The molecule has 0 radical (unpaired) electrons. The van der Waals surface area contributed by atoms with Crippen LogP contribution in [-0.4, -0.2) is 43.0 Å². The molecule has 2 unspecified atom stereocenters. The second-order valence-electron chi connectivity index (χ2n) is 7.05. The maximum absolute atomic E-state index is 12.5. The predicted octanol–water partition coefficient (Wildman–Crippen LogP) is 2.13. The van der Waals surface area contributed by atoms with Gasteiger partial charge in [-0.05, 0) is 42.7 Å². The number of fused-ring (bicyclic) bond motifs is 1. The molecule has 1 aromatic heterocycles. The summed E-state index contributed by atoms with van der Waals surface area (Å²) in [6.07, 6.45) is 4.78. The molecule has 2 amide bonds. The molecule has 0 aromatic carbocycles. The number of hydrogen-bond acceptors (Lipinski definition) is 4. The molecule has 2 atom stereocenters. The van der Waals surface area contributed by atoms with Crippen LogP contribution in [-0.2, 0) is 20.7 Å². The summed E-state index contributed by atoms with van der Waals surface area (Å²) in [5.74, 6) is 0.478. The van der Waals surface area contributed by atoms with E-state index in [0.717, 1.165) is 45.3 Å². The number of amides is 2. The number of nitrogens with zero attached hydrogens (tertiary/aromatic N) is 1. The van der Waals surface area contributed by atoms with Gasteiger partial charge in [0.25, 0.3) is 0 Å². The van der Waals surface area contributed by atoms with Crippen molar-refractivity contribution in [2.45, 2.75) is 38.2 Å². The van der Waals surface area contributed by atoms with Crippen LogP contribution in [0.1, 0.15) is 42.2 Å². The topological polar surface area (TPSA) is 58.6 Å². The second-order valence-corrected chi connectivity index (χ2v) is 8.05. The molecule has 130 valence electrons.